The SMILES string of the molecule is C=Cc1ccc([C@H]2C[C@@H]3CC[C@@H](N3)[C@H]2C(=O)CC)cc1. The van der Waals surface area contributed by atoms with Crippen LogP contribution in [0.1, 0.15) is 49.7 Å². The lowest BCUT2D eigenvalue weighted by Crippen LogP contribution is -2.47. The third-order valence-electron chi connectivity index (χ3n) is 5.00. The van der Waals surface area contributed by atoms with Gasteiger partial charge in [-0.1, -0.05) is 43.8 Å². The van der Waals surface area contributed by atoms with Crippen LogP contribution in [-0.4, -0.2) is 17.9 Å². The molecule has 0 unspecified atom stereocenters. The quantitative estimate of drug-likeness (QED) is 0.906. The fraction of sp³-hybridized carbons (Fsp3) is 0.500. The average Bonchev–Trinajstić information content (AvgIpc) is 2.88. The first kappa shape index (κ1) is 13.6. The van der Waals surface area contributed by atoms with E-state index in [-0.39, 0.29) is 5.92 Å². The van der Waals surface area contributed by atoms with Gasteiger partial charge in [-0.15, -0.1) is 0 Å². The molecule has 0 saturated carbocycles. The van der Waals surface area contributed by atoms with Gasteiger partial charge in [-0.05, 0) is 36.3 Å². The Morgan fingerprint density at radius 2 is 2.10 bits per heavy atom. The topological polar surface area (TPSA) is 29.1 Å². The highest BCUT2D eigenvalue weighted by Gasteiger charge is 2.44. The lowest BCUT2D eigenvalue weighted by molar-refractivity contribution is -0.124. The molecular formula is C18H23NO. The molecule has 2 aliphatic rings. The second-order valence-electron chi connectivity index (χ2n) is 6.11. The molecule has 2 aliphatic heterocycles. The number of carbonyl (C=O) groups excluding carboxylic acids is 1. The number of fused-ring (bicyclic) bond motifs is 2. The van der Waals surface area contributed by atoms with Crippen molar-refractivity contribution in [3.05, 3.63) is 42.0 Å². The van der Waals surface area contributed by atoms with Gasteiger partial charge in [-0.3, -0.25) is 4.79 Å². The summed E-state index contributed by atoms with van der Waals surface area (Å²) < 4.78 is 0. The summed E-state index contributed by atoms with van der Waals surface area (Å²) in [6.07, 6.45) is 5.99. The van der Waals surface area contributed by atoms with Crippen molar-refractivity contribution in [3.63, 3.8) is 0 Å². The zero-order valence-electron chi connectivity index (χ0n) is 12.1. The summed E-state index contributed by atoms with van der Waals surface area (Å²) in [6.45, 7) is 5.79. The van der Waals surface area contributed by atoms with Crippen LogP contribution in [-0.2, 0) is 4.79 Å². The highest BCUT2D eigenvalue weighted by molar-refractivity contribution is 5.82. The van der Waals surface area contributed by atoms with Gasteiger partial charge in [-0.25, -0.2) is 0 Å². The molecule has 0 aromatic heterocycles. The fourth-order valence-electron chi connectivity index (χ4n) is 3.96. The molecule has 2 heteroatoms. The van der Waals surface area contributed by atoms with Gasteiger partial charge in [-0.2, -0.15) is 0 Å². The Hall–Kier alpha value is -1.41. The molecule has 2 bridgehead atoms. The van der Waals surface area contributed by atoms with Crippen LogP contribution in [0.25, 0.3) is 6.08 Å². The van der Waals surface area contributed by atoms with Crippen molar-refractivity contribution in [1.29, 1.82) is 0 Å². The molecule has 106 valence electrons. The van der Waals surface area contributed by atoms with E-state index in [1.54, 1.807) is 0 Å². The van der Waals surface area contributed by atoms with Gasteiger partial charge in [0, 0.05) is 24.4 Å². The molecule has 1 N–H and O–H groups in total. The van der Waals surface area contributed by atoms with Gasteiger partial charge in [0.2, 0.25) is 0 Å². The van der Waals surface area contributed by atoms with Crippen LogP contribution in [0.15, 0.2) is 30.8 Å². The van der Waals surface area contributed by atoms with Crippen molar-refractivity contribution in [2.45, 2.75) is 50.6 Å². The maximum Gasteiger partial charge on any atom is 0.137 e. The number of Topliss-reactive ketones (excluding diaryl/α,β-unsaturated/α-hetero) is 1. The molecule has 2 fully saturated rings. The molecule has 2 heterocycles. The molecular weight excluding hydrogens is 246 g/mol. The van der Waals surface area contributed by atoms with E-state index in [4.69, 9.17) is 0 Å². The lowest BCUT2D eigenvalue weighted by atomic mass is 9.74. The largest absolute Gasteiger partial charge is 0.310 e. The molecule has 0 aliphatic carbocycles. The van der Waals surface area contributed by atoms with Gasteiger partial charge in [0.25, 0.3) is 0 Å². The molecule has 2 saturated heterocycles. The highest BCUT2D eigenvalue weighted by atomic mass is 16.1. The van der Waals surface area contributed by atoms with Crippen LogP contribution < -0.4 is 5.32 Å². The van der Waals surface area contributed by atoms with Crippen LogP contribution in [0.2, 0.25) is 0 Å². The highest BCUT2D eigenvalue weighted by Crippen LogP contribution is 2.42. The molecule has 0 amide bonds. The number of hydrogen-bond donors (Lipinski definition) is 1. The zero-order chi connectivity index (χ0) is 14.1. The van der Waals surface area contributed by atoms with E-state index in [1.165, 1.54) is 12.0 Å². The third-order valence-corrected chi connectivity index (χ3v) is 5.00. The van der Waals surface area contributed by atoms with E-state index in [0.717, 1.165) is 18.4 Å². The molecule has 1 aromatic rings. The summed E-state index contributed by atoms with van der Waals surface area (Å²) in [7, 11) is 0. The summed E-state index contributed by atoms with van der Waals surface area (Å²) in [5.41, 5.74) is 2.46. The summed E-state index contributed by atoms with van der Waals surface area (Å²) in [5.74, 6) is 0.967. The number of ketones is 1. The van der Waals surface area contributed by atoms with Crippen molar-refractivity contribution < 1.29 is 4.79 Å². The van der Waals surface area contributed by atoms with Gasteiger partial charge < -0.3 is 5.32 Å². The van der Waals surface area contributed by atoms with Crippen LogP contribution in [0, 0.1) is 5.92 Å². The third kappa shape index (κ3) is 2.33. The van der Waals surface area contributed by atoms with E-state index >= 15 is 0 Å². The maximum atomic E-state index is 12.4. The Kier molecular flexibility index (Phi) is 3.75. The second kappa shape index (κ2) is 5.53. The first-order chi connectivity index (χ1) is 9.72. The summed E-state index contributed by atoms with van der Waals surface area (Å²) >= 11 is 0. The van der Waals surface area contributed by atoms with E-state index in [1.807, 2.05) is 13.0 Å². The number of hydrogen-bond acceptors (Lipinski definition) is 2. The predicted molar refractivity (Wildman–Crippen MR) is 82.6 cm³/mol. The van der Waals surface area contributed by atoms with Crippen molar-refractivity contribution in [1.82, 2.24) is 5.32 Å². The van der Waals surface area contributed by atoms with Crippen molar-refractivity contribution in [3.8, 4) is 0 Å². The Bertz CT molecular complexity index is 505. The van der Waals surface area contributed by atoms with E-state index in [2.05, 4.69) is 36.2 Å². The van der Waals surface area contributed by atoms with Crippen molar-refractivity contribution in [2.24, 2.45) is 5.92 Å². The average molecular weight is 269 g/mol. The monoisotopic (exact) mass is 269 g/mol. The molecule has 3 rings (SSSR count). The first-order valence-electron chi connectivity index (χ1n) is 7.74. The summed E-state index contributed by atoms with van der Waals surface area (Å²) in [4.78, 5) is 12.4. The Morgan fingerprint density at radius 3 is 2.75 bits per heavy atom. The number of nitrogens with one attached hydrogen (secondary N) is 1. The van der Waals surface area contributed by atoms with Crippen LogP contribution in [0.4, 0.5) is 0 Å². The standard InChI is InChI=1S/C18H23NO/c1-3-12-5-7-13(8-6-12)15-11-14-9-10-16(19-14)18(15)17(20)4-2/h3,5-8,14-16,18-19H,1,4,9-11H2,2H3/t14-,15+,16+,18-/m0/s1. The van der Waals surface area contributed by atoms with E-state index in [9.17, 15) is 4.79 Å². The van der Waals surface area contributed by atoms with Crippen molar-refractivity contribution in [2.75, 3.05) is 0 Å². The number of benzene rings is 1. The lowest BCUT2D eigenvalue weighted by Gasteiger charge is -2.37. The molecule has 20 heavy (non-hydrogen) atoms. The van der Waals surface area contributed by atoms with Gasteiger partial charge in [0.05, 0.1) is 0 Å². The summed E-state index contributed by atoms with van der Waals surface area (Å²) in [6, 6.07) is 9.58. The normalized spacial score (nSPS) is 32.0. The summed E-state index contributed by atoms with van der Waals surface area (Å²) in [5, 5.41) is 3.64. The minimum atomic E-state index is 0.160. The van der Waals surface area contributed by atoms with Gasteiger partial charge in [0.1, 0.15) is 5.78 Å². The smallest absolute Gasteiger partial charge is 0.137 e. The van der Waals surface area contributed by atoms with Crippen LogP contribution in [0.5, 0.6) is 0 Å². The minimum absolute atomic E-state index is 0.160. The van der Waals surface area contributed by atoms with Crippen LogP contribution >= 0.6 is 0 Å². The Morgan fingerprint density at radius 1 is 1.35 bits per heavy atom. The van der Waals surface area contributed by atoms with Gasteiger partial charge >= 0.3 is 0 Å². The Balaban J connectivity index is 1.91. The van der Waals surface area contributed by atoms with Crippen LogP contribution in [0.3, 0.4) is 0 Å². The molecule has 4 atom stereocenters. The Labute approximate surface area is 121 Å². The van der Waals surface area contributed by atoms with E-state index < -0.39 is 0 Å². The minimum Gasteiger partial charge on any atom is -0.310 e. The molecule has 1 aromatic carbocycles. The number of piperidine rings is 1. The van der Waals surface area contributed by atoms with E-state index in [0.29, 0.717) is 30.2 Å². The second-order valence-corrected chi connectivity index (χ2v) is 6.11. The van der Waals surface area contributed by atoms with Gasteiger partial charge in [0.15, 0.2) is 0 Å². The number of rotatable bonds is 4. The molecule has 0 radical (unpaired) electrons. The maximum absolute atomic E-state index is 12.4. The fourth-order valence-corrected chi connectivity index (χ4v) is 3.96. The number of carbonyl (C=O) groups is 1. The first-order valence-corrected chi connectivity index (χ1v) is 7.74. The van der Waals surface area contributed by atoms with Crippen molar-refractivity contribution >= 4 is 11.9 Å². The molecule has 0 spiro atoms. The zero-order valence-corrected chi connectivity index (χ0v) is 12.1. The molecule has 2 nitrogen and oxygen atoms in total. The predicted octanol–water partition coefficient (Wildman–Crippen LogP) is 3.53.